The molecule has 104 valence electrons. The summed E-state index contributed by atoms with van der Waals surface area (Å²) in [5, 5.41) is 0.804. The maximum absolute atomic E-state index is 11.8. The number of hydrogen-bond donors (Lipinski definition) is 0. The Labute approximate surface area is 117 Å². The Kier molecular flexibility index (Phi) is 5.79. The molecular formula is C13H22BrNO3. The summed E-state index contributed by atoms with van der Waals surface area (Å²) in [4.78, 5) is 25.5. The van der Waals surface area contributed by atoms with Crippen LogP contribution in [0.4, 0.5) is 0 Å². The minimum Gasteiger partial charge on any atom is -0.381 e. The molecule has 1 atom stereocenters. The van der Waals surface area contributed by atoms with Crippen molar-refractivity contribution in [3.8, 4) is 0 Å². The number of Topliss-reactive ketones (excluding diaryl/α,β-unsaturated/α-hetero) is 1. The third-order valence-electron chi connectivity index (χ3n) is 3.13. The van der Waals surface area contributed by atoms with Crippen molar-refractivity contribution in [2.75, 3.05) is 25.1 Å². The van der Waals surface area contributed by atoms with Crippen LogP contribution < -0.4 is 0 Å². The highest BCUT2D eigenvalue weighted by molar-refractivity contribution is 9.09. The van der Waals surface area contributed by atoms with Gasteiger partial charge in [0.15, 0.2) is 0 Å². The predicted octanol–water partition coefficient (Wildman–Crippen LogP) is 2.00. The van der Waals surface area contributed by atoms with Gasteiger partial charge in [-0.3, -0.25) is 9.59 Å². The summed E-state index contributed by atoms with van der Waals surface area (Å²) in [6.45, 7) is 7.76. The molecule has 0 N–H and O–H groups in total. The number of amides is 1. The summed E-state index contributed by atoms with van der Waals surface area (Å²) >= 11 is 3.29. The molecule has 0 radical (unpaired) electrons. The van der Waals surface area contributed by atoms with E-state index in [2.05, 4.69) is 15.9 Å². The second kappa shape index (κ2) is 6.66. The van der Waals surface area contributed by atoms with Crippen LogP contribution in [-0.2, 0) is 14.3 Å². The van der Waals surface area contributed by atoms with Gasteiger partial charge in [0.2, 0.25) is 5.91 Å². The van der Waals surface area contributed by atoms with Crippen molar-refractivity contribution in [3.63, 3.8) is 0 Å². The molecule has 1 rings (SSSR count). The van der Waals surface area contributed by atoms with Crippen LogP contribution in [0, 0.1) is 5.92 Å². The number of piperidine rings is 1. The van der Waals surface area contributed by atoms with E-state index in [1.165, 1.54) is 0 Å². The van der Waals surface area contributed by atoms with E-state index in [1.54, 1.807) is 0 Å². The van der Waals surface area contributed by atoms with Crippen molar-refractivity contribution in [1.29, 1.82) is 0 Å². The van der Waals surface area contributed by atoms with Crippen LogP contribution in [-0.4, -0.2) is 47.2 Å². The number of ether oxygens (including phenoxy) is 1. The normalized spacial score (nSPS) is 21.6. The van der Waals surface area contributed by atoms with Crippen LogP contribution in [0.25, 0.3) is 0 Å². The first kappa shape index (κ1) is 15.6. The van der Waals surface area contributed by atoms with Gasteiger partial charge in [-0.2, -0.15) is 0 Å². The van der Waals surface area contributed by atoms with Crippen LogP contribution in [0.2, 0.25) is 0 Å². The standard InChI is InChI=1S/C13H22BrNO3/c1-13(2,3)15-9-10(4-6-18-7-5-14)11(16)8-12(15)17/h10H,4-9H2,1-3H3. The van der Waals surface area contributed by atoms with E-state index in [4.69, 9.17) is 4.74 Å². The minimum atomic E-state index is -0.216. The number of hydrogen-bond acceptors (Lipinski definition) is 3. The summed E-state index contributed by atoms with van der Waals surface area (Å²) < 4.78 is 5.38. The number of carbonyl (C=O) groups excluding carboxylic acids is 2. The largest absolute Gasteiger partial charge is 0.381 e. The Morgan fingerprint density at radius 1 is 1.33 bits per heavy atom. The summed E-state index contributed by atoms with van der Waals surface area (Å²) in [6, 6.07) is 0. The predicted molar refractivity (Wildman–Crippen MR) is 73.8 cm³/mol. The maximum Gasteiger partial charge on any atom is 0.230 e. The highest BCUT2D eigenvalue weighted by atomic mass is 79.9. The van der Waals surface area contributed by atoms with Gasteiger partial charge in [0.1, 0.15) is 5.78 Å². The fourth-order valence-corrected chi connectivity index (χ4v) is 2.32. The molecule has 5 heteroatoms. The molecule has 1 fully saturated rings. The lowest BCUT2D eigenvalue weighted by molar-refractivity contribution is -0.147. The lowest BCUT2D eigenvalue weighted by Crippen LogP contribution is -2.53. The van der Waals surface area contributed by atoms with Gasteiger partial charge in [0.05, 0.1) is 13.0 Å². The lowest BCUT2D eigenvalue weighted by Gasteiger charge is -2.41. The third-order valence-corrected chi connectivity index (χ3v) is 3.45. The van der Waals surface area contributed by atoms with Crippen LogP contribution >= 0.6 is 15.9 Å². The average molecular weight is 320 g/mol. The Morgan fingerprint density at radius 3 is 2.56 bits per heavy atom. The van der Waals surface area contributed by atoms with Crippen molar-refractivity contribution < 1.29 is 14.3 Å². The molecule has 1 unspecified atom stereocenters. The lowest BCUT2D eigenvalue weighted by atomic mass is 9.90. The summed E-state index contributed by atoms with van der Waals surface area (Å²) in [5.41, 5.74) is -0.216. The topological polar surface area (TPSA) is 46.6 Å². The molecule has 0 bridgehead atoms. The zero-order valence-electron chi connectivity index (χ0n) is 11.4. The molecule has 1 saturated heterocycles. The Hall–Kier alpha value is -0.420. The Bertz CT molecular complexity index is 312. The summed E-state index contributed by atoms with van der Waals surface area (Å²) in [7, 11) is 0. The SMILES string of the molecule is CC(C)(C)N1CC(CCOCCBr)C(=O)CC1=O. The van der Waals surface area contributed by atoms with Crippen molar-refractivity contribution in [3.05, 3.63) is 0 Å². The van der Waals surface area contributed by atoms with Gasteiger partial charge < -0.3 is 9.64 Å². The molecule has 4 nitrogen and oxygen atoms in total. The minimum absolute atomic E-state index is 0.0420. The number of alkyl halides is 1. The molecule has 0 spiro atoms. The quantitative estimate of drug-likeness (QED) is 0.442. The first-order valence-corrected chi connectivity index (χ1v) is 7.45. The molecule has 1 heterocycles. The number of halogens is 1. The average Bonchev–Trinajstić information content (AvgIpc) is 2.25. The molecular weight excluding hydrogens is 298 g/mol. The van der Waals surface area contributed by atoms with Crippen molar-refractivity contribution in [2.45, 2.75) is 39.2 Å². The van der Waals surface area contributed by atoms with E-state index >= 15 is 0 Å². The van der Waals surface area contributed by atoms with Crippen LogP contribution in [0.3, 0.4) is 0 Å². The van der Waals surface area contributed by atoms with E-state index in [0.717, 1.165) is 5.33 Å². The molecule has 1 aliphatic rings. The van der Waals surface area contributed by atoms with E-state index in [9.17, 15) is 9.59 Å². The van der Waals surface area contributed by atoms with Gasteiger partial charge >= 0.3 is 0 Å². The van der Waals surface area contributed by atoms with Crippen LogP contribution in [0.15, 0.2) is 0 Å². The summed E-state index contributed by atoms with van der Waals surface area (Å²) in [5.74, 6) is -0.0645. The molecule has 1 aliphatic heterocycles. The van der Waals surface area contributed by atoms with Gasteiger partial charge in [-0.25, -0.2) is 0 Å². The van der Waals surface area contributed by atoms with E-state index in [1.807, 2.05) is 25.7 Å². The molecule has 0 aromatic heterocycles. The number of likely N-dealkylation sites (tertiary alicyclic amines) is 1. The Morgan fingerprint density at radius 2 is 2.00 bits per heavy atom. The number of ketones is 1. The fraction of sp³-hybridized carbons (Fsp3) is 0.846. The highest BCUT2D eigenvalue weighted by Crippen LogP contribution is 2.24. The maximum atomic E-state index is 11.8. The van der Waals surface area contributed by atoms with Crippen molar-refractivity contribution >= 4 is 27.6 Å². The number of rotatable bonds is 5. The molecule has 18 heavy (non-hydrogen) atoms. The first-order chi connectivity index (χ1) is 8.36. The fourth-order valence-electron chi connectivity index (χ4n) is 2.10. The van der Waals surface area contributed by atoms with Crippen molar-refractivity contribution in [2.24, 2.45) is 5.92 Å². The number of carbonyl (C=O) groups is 2. The smallest absolute Gasteiger partial charge is 0.230 e. The molecule has 0 saturated carbocycles. The van der Waals surface area contributed by atoms with Crippen LogP contribution in [0.1, 0.15) is 33.6 Å². The van der Waals surface area contributed by atoms with Gasteiger partial charge in [-0.1, -0.05) is 15.9 Å². The third kappa shape index (κ3) is 4.35. The van der Waals surface area contributed by atoms with E-state index in [-0.39, 0.29) is 29.6 Å². The van der Waals surface area contributed by atoms with Crippen molar-refractivity contribution in [1.82, 2.24) is 4.90 Å². The first-order valence-electron chi connectivity index (χ1n) is 6.33. The van der Waals surface area contributed by atoms with Gasteiger partial charge in [0.25, 0.3) is 0 Å². The van der Waals surface area contributed by atoms with Crippen LogP contribution in [0.5, 0.6) is 0 Å². The monoisotopic (exact) mass is 319 g/mol. The zero-order chi connectivity index (χ0) is 13.8. The molecule has 0 aromatic carbocycles. The molecule has 0 aromatic rings. The highest BCUT2D eigenvalue weighted by Gasteiger charge is 2.37. The van der Waals surface area contributed by atoms with E-state index < -0.39 is 0 Å². The second-order valence-electron chi connectivity index (χ2n) is 5.61. The summed E-state index contributed by atoms with van der Waals surface area (Å²) in [6.07, 6.45) is 0.742. The van der Waals surface area contributed by atoms with Gasteiger partial charge in [-0.15, -0.1) is 0 Å². The zero-order valence-corrected chi connectivity index (χ0v) is 13.0. The molecule has 1 amide bonds. The number of nitrogens with zero attached hydrogens (tertiary/aromatic N) is 1. The van der Waals surface area contributed by atoms with E-state index in [0.29, 0.717) is 26.2 Å². The van der Waals surface area contributed by atoms with Gasteiger partial charge in [-0.05, 0) is 27.2 Å². The molecule has 0 aliphatic carbocycles. The van der Waals surface area contributed by atoms with Gasteiger partial charge in [0, 0.05) is 29.9 Å². The Balaban J connectivity index is 2.53. The second-order valence-corrected chi connectivity index (χ2v) is 6.40.